The second kappa shape index (κ2) is 7.83. The monoisotopic (exact) mass is 349 g/mol. The van der Waals surface area contributed by atoms with Crippen LogP contribution in [0.1, 0.15) is 18.4 Å². The standard InChI is InChI=1S/C14H20ClNO3S2/c1-11-2-3-13(10-14(11)15)21(17,18)16-6-9-20-12-4-7-19-8-5-12/h2-3,10,12,16H,4-9H2,1H3. The van der Waals surface area contributed by atoms with Crippen molar-refractivity contribution in [1.82, 2.24) is 4.72 Å². The maximum absolute atomic E-state index is 12.1. The Hall–Kier alpha value is -0.270. The number of hydrogen-bond acceptors (Lipinski definition) is 4. The molecule has 21 heavy (non-hydrogen) atoms. The first-order chi connectivity index (χ1) is 9.99. The molecular formula is C14H20ClNO3S2. The lowest BCUT2D eigenvalue weighted by atomic mass is 10.2. The number of rotatable bonds is 6. The molecule has 1 aliphatic rings. The number of nitrogens with one attached hydrogen (secondary N) is 1. The molecule has 1 heterocycles. The predicted octanol–water partition coefficient (Wildman–Crippen LogP) is 2.84. The highest BCUT2D eigenvalue weighted by molar-refractivity contribution is 8.00. The van der Waals surface area contributed by atoms with Crippen LogP contribution >= 0.6 is 23.4 Å². The van der Waals surface area contributed by atoms with Crippen LogP contribution in [0.2, 0.25) is 5.02 Å². The zero-order valence-corrected chi connectivity index (χ0v) is 14.4. The first-order valence-corrected chi connectivity index (χ1v) is 9.85. The van der Waals surface area contributed by atoms with Gasteiger partial charge in [0.05, 0.1) is 4.90 Å². The Balaban J connectivity index is 1.82. The number of halogens is 1. The number of aryl methyl sites for hydroxylation is 1. The van der Waals surface area contributed by atoms with Crippen molar-refractivity contribution in [2.45, 2.75) is 29.9 Å². The van der Waals surface area contributed by atoms with Crippen LogP contribution in [0.25, 0.3) is 0 Å². The molecular weight excluding hydrogens is 330 g/mol. The van der Waals surface area contributed by atoms with E-state index in [1.165, 1.54) is 6.07 Å². The topological polar surface area (TPSA) is 55.4 Å². The van der Waals surface area contributed by atoms with Crippen molar-refractivity contribution in [3.8, 4) is 0 Å². The van der Waals surface area contributed by atoms with Gasteiger partial charge in [-0.2, -0.15) is 11.8 Å². The zero-order chi connectivity index (χ0) is 15.3. The Morgan fingerprint density at radius 3 is 2.76 bits per heavy atom. The fraction of sp³-hybridized carbons (Fsp3) is 0.571. The quantitative estimate of drug-likeness (QED) is 0.802. The zero-order valence-electron chi connectivity index (χ0n) is 12.0. The Labute approximate surface area is 135 Å². The third-order valence-electron chi connectivity index (χ3n) is 3.37. The molecule has 7 heteroatoms. The molecule has 118 valence electrons. The Morgan fingerprint density at radius 1 is 1.38 bits per heavy atom. The third-order valence-corrected chi connectivity index (χ3v) is 6.62. The third kappa shape index (κ3) is 5.14. The van der Waals surface area contributed by atoms with Gasteiger partial charge in [0.15, 0.2) is 0 Å². The van der Waals surface area contributed by atoms with E-state index in [0.29, 0.717) is 16.8 Å². The van der Waals surface area contributed by atoms with Crippen molar-refractivity contribution in [2.24, 2.45) is 0 Å². The van der Waals surface area contributed by atoms with Crippen LogP contribution in [0, 0.1) is 6.92 Å². The molecule has 0 amide bonds. The van der Waals surface area contributed by atoms with E-state index in [2.05, 4.69) is 4.72 Å². The number of hydrogen-bond donors (Lipinski definition) is 1. The minimum Gasteiger partial charge on any atom is -0.381 e. The summed E-state index contributed by atoms with van der Waals surface area (Å²) >= 11 is 7.78. The minimum atomic E-state index is -3.47. The summed E-state index contributed by atoms with van der Waals surface area (Å²) in [5.74, 6) is 0.767. The molecule has 0 unspecified atom stereocenters. The lowest BCUT2D eigenvalue weighted by Gasteiger charge is -2.21. The van der Waals surface area contributed by atoms with Crippen LogP contribution < -0.4 is 4.72 Å². The second-order valence-electron chi connectivity index (χ2n) is 4.99. The lowest BCUT2D eigenvalue weighted by Crippen LogP contribution is -2.27. The van der Waals surface area contributed by atoms with Crippen molar-refractivity contribution in [2.75, 3.05) is 25.5 Å². The molecule has 2 rings (SSSR count). The highest BCUT2D eigenvalue weighted by atomic mass is 35.5. The molecule has 0 aromatic heterocycles. The molecule has 1 aromatic carbocycles. The van der Waals surface area contributed by atoms with Gasteiger partial charge in [-0.05, 0) is 37.5 Å². The van der Waals surface area contributed by atoms with Crippen molar-refractivity contribution in [1.29, 1.82) is 0 Å². The molecule has 1 aliphatic heterocycles. The van der Waals surface area contributed by atoms with Crippen LogP contribution in [0.4, 0.5) is 0 Å². The van der Waals surface area contributed by atoms with Gasteiger partial charge in [0, 0.05) is 35.8 Å². The minimum absolute atomic E-state index is 0.217. The normalized spacial score (nSPS) is 17.0. The summed E-state index contributed by atoms with van der Waals surface area (Å²) in [5.41, 5.74) is 0.866. The highest BCUT2D eigenvalue weighted by Crippen LogP contribution is 2.22. The predicted molar refractivity (Wildman–Crippen MR) is 87.7 cm³/mol. The summed E-state index contributed by atoms with van der Waals surface area (Å²) in [5, 5.41) is 1.05. The van der Waals surface area contributed by atoms with E-state index in [-0.39, 0.29) is 4.90 Å². The van der Waals surface area contributed by atoms with E-state index in [0.717, 1.165) is 37.4 Å². The molecule has 0 saturated carbocycles. The molecule has 0 spiro atoms. The van der Waals surface area contributed by atoms with Gasteiger partial charge < -0.3 is 4.74 Å². The van der Waals surface area contributed by atoms with Gasteiger partial charge in [-0.15, -0.1) is 0 Å². The van der Waals surface area contributed by atoms with Gasteiger partial charge in [0.2, 0.25) is 10.0 Å². The van der Waals surface area contributed by atoms with Gasteiger partial charge in [-0.25, -0.2) is 13.1 Å². The fourth-order valence-corrected chi connectivity index (χ4v) is 4.58. The molecule has 1 fully saturated rings. The summed E-state index contributed by atoms with van der Waals surface area (Å²) in [4.78, 5) is 0.217. The summed E-state index contributed by atoms with van der Waals surface area (Å²) in [6.45, 7) is 3.89. The SMILES string of the molecule is Cc1ccc(S(=O)(=O)NCCSC2CCOCC2)cc1Cl. The molecule has 1 saturated heterocycles. The van der Waals surface area contributed by atoms with E-state index < -0.39 is 10.0 Å². The Kier molecular flexibility index (Phi) is 6.37. The molecule has 4 nitrogen and oxygen atoms in total. The average molecular weight is 350 g/mol. The maximum atomic E-state index is 12.1. The van der Waals surface area contributed by atoms with Crippen molar-refractivity contribution in [3.63, 3.8) is 0 Å². The second-order valence-corrected chi connectivity index (χ2v) is 8.57. The van der Waals surface area contributed by atoms with Crippen molar-refractivity contribution < 1.29 is 13.2 Å². The summed E-state index contributed by atoms with van der Waals surface area (Å²) in [6, 6.07) is 4.79. The average Bonchev–Trinajstić information content (AvgIpc) is 2.47. The lowest BCUT2D eigenvalue weighted by molar-refractivity contribution is 0.100. The fourth-order valence-electron chi connectivity index (χ4n) is 2.07. The van der Waals surface area contributed by atoms with Gasteiger partial charge in [-0.3, -0.25) is 0 Å². The maximum Gasteiger partial charge on any atom is 0.240 e. The number of thioether (sulfide) groups is 1. The van der Waals surface area contributed by atoms with Crippen LogP contribution in [-0.2, 0) is 14.8 Å². The van der Waals surface area contributed by atoms with Gasteiger partial charge in [0.25, 0.3) is 0 Å². The van der Waals surface area contributed by atoms with Crippen LogP contribution in [-0.4, -0.2) is 39.2 Å². The van der Waals surface area contributed by atoms with E-state index in [4.69, 9.17) is 16.3 Å². The van der Waals surface area contributed by atoms with Crippen LogP contribution in [0.5, 0.6) is 0 Å². The molecule has 0 aliphatic carbocycles. The Morgan fingerprint density at radius 2 is 2.10 bits per heavy atom. The van der Waals surface area contributed by atoms with Gasteiger partial charge >= 0.3 is 0 Å². The number of benzene rings is 1. The summed E-state index contributed by atoms with van der Waals surface area (Å²) < 4.78 is 32.2. The van der Waals surface area contributed by atoms with Gasteiger partial charge in [0.1, 0.15) is 0 Å². The number of sulfonamides is 1. The number of ether oxygens (including phenoxy) is 1. The van der Waals surface area contributed by atoms with E-state index in [1.807, 2.05) is 6.92 Å². The molecule has 0 bridgehead atoms. The van der Waals surface area contributed by atoms with Crippen molar-refractivity contribution in [3.05, 3.63) is 28.8 Å². The van der Waals surface area contributed by atoms with Crippen LogP contribution in [0.3, 0.4) is 0 Å². The molecule has 1 N–H and O–H groups in total. The first kappa shape index (κ1) is 17.1. The first-order valence-electron chi connectivity index (χ1n) is 6.94. The van der Waals surface area contributed by atoms with E-state index >= 15 is 0 Å². The van der Waals surface area contributed by atoms with E-state index in [1.54, 1.807) is 23.9 Å². The molecule has 1 aromatic rings. The van der Waals surface area contributed by atoms with Crippen molar-refractivity contribution >= 4 is 33.4 Å². The summed E-state index contributed by atoms with van der Waals surface area (Å²) in [6.07, 6.45) is 2.09. The summed E-state index contributed by atoms with van der Waals surface area (Å²) in [7, 11) is -3.47. The molecule has 0 atom stereocenters. The van der Waals surface area contributed by atoms with Gasteiger partial charge in [-0.1, -0.05) is 17.7 Å². The smallest absolute Gasteiger partial charge is 0.240 e. The van der Waals surface area contributed by atoms with Crippen LogP contribution in [0.15, 0.2) is 23.1 Å². The highest BCUT2D eigenvalue weighted by Gasteiger charge is 2.16. The Bertz CT molecular complexity index is 572. The largest absolute Gasteiger partial charge is 0.381 e. The van der Waals surface area contributed by atoms with E-state index in [9.17, 15) is 8.42 Å². The molecule has 0 radical (unpaired) electrons.